The second-order valence-electron chi connectivity index (χ2n) is 7.41. The first-order valence-corrected chi connectivity index (χ1v) is 9.54. The highest BCUT2D eigenvalue weighted by molar-refractivity contribution is 5.68. The van der Waals surface area contributed by atoms with E-state index in [1.54, 1.807) is 0 Å². The van der Waals surface area contributed by atoms with Crippen molar-refractivity contribution < 1.29 is 9.53 Å². The zero-order valence-corrected chi connectivity index (χ0v) is 15.0. The number of carbonyl (C=O) groups is 1. The quantitative estimate of drug-likeness (QED) is 0.887. The Balaban J connectivity index is 1.35. The lowest BCUT2D eigenvalue weighted by Crippen LogP contribution is -2.61. The molecule has 2 bridgehead atoms. The fourth-order valence-corrected chi connectivity index (χ4v) is 4.27. The maximum Gasteiger partial charge on any atom is 0.410 e. The summed E-state index contributed by atoms with van der Waals surface area (Å²) in [4.78, 5) is 14.6. The van der Waals surface area contributed by atoms with Crippen LogP contribution in [0.5, 0.6) is 0 Å². The van der Waals surface area contributed by atoms with Crippen LogP contribution in [0, 0.1) is 5.92 Å². The zero-order valence-electron chi connectivity index (χ0n) is 15.0. The molecule has 5 rings (SSSR count). The molecule has 3 atom stereocenters. The van der Waals surface area contributed by atoms with Crippen LogP contribution in [0.1, 0.15) is 30.4 Å². The lowest BCUT2D eigenvalue weighted by atomic mass is 9.76. The third-order valence-corrected chi connectivity index (χ3v) is 5.63. The number of rotatable bonds is 5. The van der Waals surface area contributed by atoms with Gasteiger partial charge in [0.05, 0.1) is 6.04 Å². The predicted octanol–water partition coefficient (Wildman–Crippen LogP) is 3.97. The summed E-state index contributed by atoms with van der Waals surface area (Å²) in [6, 6.07) is 20.9. The van der Waals surface area contributed by atoms with Gasteiger partial charge in [-0.05, 0) is 36.3 Å². The highest BCUT2D eigenvalue weighted by atomic mass is 16.6. The van der Waals surface area contributed by atoms with Crippen molar-refractivity contribution >= 4 is 6.09 Å². The van der Waals surface area contributed by atoms with Gasteiger partial charge in [-0.2, -0.15) is 0 Å². The summed E-state index contributed by atoms with van der Waals surface area (Å²) in [7, 11) is 0. The van der Waals surface area contributed by atoms with Gasteiger partial charge in [-0.15, -0.1) is 0 Å². The summed E-state index contributed by atoms with van der Waals surface area (Å²) < 4.78 is 5.59. The molecule has 136 valence electrons. The molecule has 3 aliphatic rings. The van der Waals surface area contributed by atoms with Crippen LogP contribution in [0.15, 0.2) is 60.7 Å². The lowest BCUT2D eigenvalue weighted by Gasteiger charge is -2.49. The van der Waals surface area contributed by atoms with Crippen molar-refractivity contribution in [3.8, 4) is 0 Å². The normalized spacial score (nSPS) is 24.5. The monoisotopic (exact) mass is 350 g/mol. The first-order chi connectivity index (χ1) is 12.8. The first kappa shape index (κ1) is 17.1. The molecule has 2 aromatic rings. The van der Waals surface area contributed by atoms with Gasteiger partial charge in [0.25, 0.3) is 0 Å². The van der Waals surface area contributed by atoms with E-state index in [2.05, 4.69) is 29.6 Å². The number of hydrogen-bond donors (Lipinski definition) is 1. The van der Waals surface area contributed by atoms with Crippen LogP contribution in [-0.2, 0) is 17.9 Å². The summed E-state index contributed by atoms with van der Waals surface area (Å²) in [5.74, 6) is 0.581. The number of ether oxygens (including phenoxy) is 1. The number of fused-ring (bicyclic) bond motifs is 3. The third kappa shape index (κ3) is 3.91. The van der Waals surface area contributed by atoms with Gasteiger partial charge in [0.15, 0.2) is 0 Å². The molecule has 1 saturated carbocycles. The molecule has 2 aromatic carbocycles. The van der Waals surface area contributed by atoms with Crippen molar-refractivity contribution in [3.05, 3.63) is 71.8 Å². The Morgan fingerprint density at radius 3 is 2.38 bits per heavy atom. The van der Waals surface area contributed by atoms with E-state index in [0.29, 0.717) is 18.6 Å². The van der Waals surface area contributed by atoms with Crippen molar-refractivity contribution in [2.45, 2.75) is 44.5 Å². The smallest absolute Gasteiger partial charge is 0.410 e. The number of piperidine rings is 2. The molecule has 2 heterocycles. The highest BCUT2D eigenvalue weighted by Gasteiger charge is 2.43. The van der Waals surface area contributed by atoms with Crippen LogP contribution in [0.25, 0.3) is 0 Å². The molecule has 4 heteroatoms. The summed E-state index contributed by atoms with van der Waals surface area (Å²) in [5, 5.41) is 3.68. The van der Waals surface area contributed by atoms with Crippen LogP contribution in [0.2, 0.25) is 0 Å². The zero-order chi connectivity index (χ0) is 17.8. The number of amides is 1. The molecule has 0 spiro atoms. The molecular formula is C22H26N2O2. The molecule has 1 aliphatic carbocycles. The number of nitrogens with one attached hydrogen (secondary N) is 1. The molecule has 2 saturated heterocycles. The molecule has 1 N–H and O–H groups in total. The number of benzene rings is 2. The Morgan fingerprint density at radius 2 is 1.69 bits per heavy atom. The van der Waals surface area contributed by atoms with Gasteiger partial charge in [-0.1, -0.05) is 60.7 Å². The second kappa shape index (κ2) is 7.92. The summed E-state index contributed by atoms with van der Waals surface area (Å²) >= 11 is 0. The van der Waals surface area contributed by atoms with Gasteiger partial charge in [-0.3, -0.25) is 0 Å². The minimum atomic E-state index is -0.172. The van der Waals surface area contributed by atoms with Crippen molar-refractivity contribution in [2.24, 2.45) is 5.92 Å². The Kier molecular flexibility index (Phi) is 5.21. The average molecular weight is 350 g/mol. The maximum atomic E-state index is 12.7. The standard InChI is InChI=1S/C22H26N2O2/c25-22(26-16-18-9-5-2-6-10-18)24-15-19-11-12-21(24)20(13-19)23-14-17-7-3-1-4-8-17/h1-10,19-21,23H,11-16H2. The van der Waals surface area contributed by atoms with Crippen molar-refractivity contribution in [3.63, 3.8) is 0 Å². The summed E-state index contributed by atoms with van der Waals surface area (Å²) in [6.07, 6.45) is 3.27. The summed E-state index contributed by atoms with van der Waals surface area (Å²) in [6.45, 7) is 2.03. The van der Waals surface area contributed by atoms with Gasteiger partial charge in [0.1, 0.15) is 6.61 Å². The van der Waals surface area contributed by atoms with E-state index in [4.69, 9.17) is 4.74 Å². The van der Waals surface area contributed by atoms with Crippen molar-refractivity contribution in [2.75, 3.05) is 6.54 Å². The molecule has 1 amide bonds. The van der Waals surface area contributed by atoms with E-state index in [-0.39, 0.29) is 12.1 Å². The number of nitrogens with zero attached hydrogens (tertiary/aromatic N) is 1. The molecule has 2 aliphatic heterocycles. The molecular weight excluding hydrogens is 324 g/mol. The van der Waals surface area contributed by atoms with Crippen LogP contribution in [-0.4, -0.2) is 29.6 Å². The Bertz CT molecular complexity index is 719. The van der Waals surface area contributed by atoms with E-state index in [1.165, 1.54) is 12.0 Å². The fraction of sp³-hybridized carbons (Fsp3) is 0.409. The van der Waals surface area contributed by atoms with E-state index in [1.807, 2.05) is 41.3 Å². The average Bonchev–Trinajstić information content (AvgIpc) is 2.72. The Labute approximate surface area is 155 Å². The van der Waals surface area contributed by atoms with Crippen LogP contribution in [0.3, 0.4) is 0 Å². The van der Waals surface area contributed by atoms with E-state index >= 15 is 0 Å². The van der Waals surface area contributed by atoms with Gasteiger partial charge < -0.3 is 15.0 Å². The van der Waals surface area contributed by atoms with Gasteiger partial charge in [0.2, 0.25) is 0 Å². The third-order valence-electron chi connectivity index (χ3n) is 5.63. The minimum Gasteiger partial charge on any atom is -0.445 e. The molecule has 3 fully saturated rings. The largest absolute Gasteiger partial charge is 0.445 e. The molecule has 0 radical (unpaired) electrons. The van der Waals surface area contributed by atoms with Gasteiger partial charge >= 0.3 is 6.09 Å². The first-order valence-electron chi connectivity index (χ1n) is 9.54. The molecule has 26 heavy (non-hydrogen) atoms. The van der Waals surface area contributed by atoms with E-state index < -0.39 is 0 Å². The van der Waals surface area contributed by atoms with Crippen molar-refractivity contribution in [1.82, 2.24) is 10.2 Å². The second-order valence-corrected chi connectivity index (χ2v) is 7.41. The number of hydrogen-bond acceptors (Lipinski definition) is 3. The maximum absolute atomic E-state index is 12.7. The van der Waals surface area contributed by atoms with E-state index in [0.717, 1.165) is 31.5 Å². The molecule has 3 unspecified atom stereocenters. The van der Waals surface area contributed by atoms with Gasteiger partial charge in [-0.25, -0.2) is 4.79 Å². The van der Waals surface area contributed by atoms with Crippen LogP contribution in [0.4, 0.5) is 4.79 Å². The summed E-state index contributed by atoms with van der Waals surface area (Å²) in [5.41, 5.74) is 2.31. The SMILES string of the molecule is O=C(OCc1ccccc1)N1CC2CCC1C(NCc1ccccc1)C2. The topological polar surface area (TPSA) is 41.6 Å². The molecule has 4 nitrogen and oxygen atoms in total. The van der Waals surface area contributed by atoms with E-state index in [9.17, 15) is 4.79 Å². The predicted molar refractivity (Wildman–Crippen MR) is 102 cm³/mol. The minimum absolute atomic E-state index is 0.172. The molecule has 0 aromatic heterocycles. The Hall–Kier alpha value is -2.33. The highest BCUT2D eigenvalue weighted by Crippen LogP contribution is 2.35. The fourth-order valence-electron chi connectivity index (χ4n) is 4.27. The Morgan fingerprint density at radius 1 is 1.00 bits per heavy atom. The van der Waals surface area contributed by atoms with Gasteiger partial charge in [0, 0.05) is 19.1 Å². The van der Waals surface area contributed by atoms with Crippen LogP contribution < -0.4 is 5.32 Å². The lowest BCUT2D eigenvalue weighted by molar-refractivity contribution is 0.00798. The van der Waals surface area contributed by atoms with Crippen LogP contribution >= 0.6 is 0 Å². The number of carbonyl (C=O) groups excluding carboxylic acids is 1. The van der Waals surface area contributed by atoms with Crippen molar-refractivity contribution in [1.29, 1.82) is 0 Å².